The highest BCUT2D eigenvalue weighted by Gasteiger charge is 2.59. The molecule has 0 N–H and O–H groups in total. The molecule has 2 nitrogen and oxygen atoms in total. The van der Waals surface area contributed by atoms with Crippen molar-refractivity contribution < 1.29 is 4.48 Å². The van der Waals surface area contributed by atoms with Crippen molar-refractivity contribution in [2.75, 3.05) is 6.54 Å². The summed E-state index contributed by atoms with van der Waals surface area (Å²) in [7, 11) is 0. The largest absolute Gasteiger partial charge is 0.314 e. The Balaban J connectivity index is 1.50. The first kappa shape index (κ1) is 18.6. The van der Waals surface area contributed by atoms with Gasteiger partial charge in [-0.25, -0.2) is 0 Å². The molecule has 5 atom stereocenters. The normalized spacial score (nSPS) is 31.1. The lowest BCUT2D eigenvalue weighted by atomic mass is 9.68. The van der Waals surface area contributed by atoms with E-state index in [0.29, 0.717) is 12.0 Å². The van der Waals surface area contributed by atoms with Crippen LogP contribution in [0.25, 0.3) is 10.9 Å². The number of nitrogens with zero attached hydrogens (tertiary/aromatic N) is 2. The number of aromatic nitrogens is 1. The molecule has 2 aliphatic heterocycles. The topological polar surface area (TPSA) is 12.9 Å². The van der Waals surface area contributed by atoms with E-state index >= 15 is 0 Å². The van der Waals surface area contributed by atoms with E-state index in [1.807, 2.05) is 6.20 Å². The lowest BCUT2D eigenvalue weighted by molar-refractivity contribution is -1.03. The predicted octanol–water partition coefficient (Wildman–Crippen LogP) is 5.78. The number of piperidine rings is 1. The predicted molar refractivity (Wildman–Crippen MR) is 120 cm³/mol. The minimum Gasteiger partial charge on any atom is -0.314 e. The van der Waals surface area contributed by atoms with Gasteiger partial charge < -0.3 is 4.48 Å². The number of benzene rings is 2. The van der Waals surface area contributed by atoms with Gasteiger partial charge in [-0.05, 0) is 30.0 Å². The molecule has 3 aromatic rings. The second-order valence-electron chi connectivity index (χ2n) is 9.20. The van der Waals surface area contributed by atoms with Gasteiger partial charge >= 0.3 is 0 Å². The second kappa shape index (κ2) is 7.42. The number of rotatable bonds is 5. The van der Waals surface area contributed by atoms with E-state index in [-0.39, 0.29) is 0 Å². The van der Waals surface area contributed by atoms with E-state index in [1.165, 1.54) is 40.4 Å². The van der Waals surface area contributed by atoms with E-state index in [1.54, 1.807) is 0 Å². The molecule has 5 unspecified atom stereocenters. The van der Waals surface area contributed by atoms with Crippen LogP contribution >= 0.6 is 0 Å². The SMILES string of the molecule is C=CC1C(C)CC[N+]2(Cc3ccccc3)C(Cc3ccnc4ccccc34)CC12. The van der Waals surface area contributed by atoms with E-state index in [4.69, 9.17) is 0 Å². The fourth-order valence-corrected chi connectivity index (χ4v) is 6.19. The van der Waals surface area contributed by atoms with E-state index in [0.717, 1.165) is 30.4 Å². The fraction of sp³-hybridized carbons (Fsp3) is 0.370. The third kappa shape index (κ3) is 3.11. The molecule has 29 heavy (non-hydrogen) atoms. The molecule has 148 valence electrons. The number of hydrogen-bond donors (Lipinski definition) is 0. The van der Waals surface area contributed by atoms with Crippen molar-refractivity contribution >= 4 is 10.9 Å². The molecule has 0 radical (unpaired) electrons. The Bertz CT molecular complexity index is 1010. The Hall–Kier alpha value is -2.45. The van der Waals surface area contributed by atoms with Crippen molar-refractivity contribution in [1.82, 2.24) is 4.98 Å². The van der Waals surface area contributed by atoms with Crippen LogP contribution in [-0.2, 0) is 13.0 Å². The van der Waals surface area contributed by atoms with Gasteiger partial charge in [-0.1, -0.05) is 61.5 Å². The number of pyridine rings is 1. The molecule has 2 aromatic carbocycles. The quantitative estimate of drug-likeness (QED) is 0.402. The number of para-hydroxylation sites is 1. The van der Waals surface area contributed by atoms with Crippen molar-refractivity contribution in [2.24, 2.45) is 11.8 Å². The molecule has 3 heterocycles. The van der Waals surface area contributed by atoms with Gasteiger partial charge in [-0.3, -0.25) is 4.98 Å². The number of quaternary nitrogens is 1. The summed E-state index contributed by atoms with van der Waals surface area (Å²) in [5, 5.41) is 1.32. The number of fused-ring (bicyclic) bond motifs is 2. The van der Waals surface area contributed by atoms with Crippen molar-refractivity contribution in [3.05, 3.63) is 90.6 Å². The van der Waals surface area contributed by atoms with Crippen molar-refractivity contribution in [3.63, 3.8) is 0 Å². The average Bonchev–Trinajstić information content (AvgIpc) is 2.76. The van der Waals surface area contributed by atoms with E-state index < -0.39 is 0 Å². The molecular formula is C27H31N2+. The second-order valence-corrected chi connectivity index (χ2v) is 9.20. The molecule has 5 rings (SSSR count). The van der Waals surface area contributed by atoms with Crippen molar-refractivity contribution in [1.29, 1.82) is 0 Å². The summed E-state index contributed by atoms with van der Waals surface area (Å²) >= 11 is 0. The summed E-state index contributed by atoms with van der Waals surface area (Å²) in [6.07, 6.45) is 7.99. The highest BCUT2D eigenvalue weighted by atomic mass is 15.5. The summed E-state index contributed by atoms with van der Waals surface area (Å²) in [5.41, 5.74) is 4.05. The fourth-order valence-electron chi connectivity index (χ4n) is 6.19. The van der Waals surface area contributed by atoms with E-state index in [9.17, 15) is 0 Å². The van der Waals surface area contributed by atoms with Crippen molar-refractivity contribution in [3.8, 4) is 0 Å². The Kier molecular flexibility index (Phi) is 4.75. The van der Waals surface area contributed by atoms with Gasteiger partial charge in [0.05, 0.1) is 24.5 Å². The van der Waals surface area contributed by atoms with Gasteiger partial charge in [-0.2, -0.15) is 0 Å². The molecule has 0 saturated carbocycles. The average molecular weight is 384 g/mol. The van der Waals surface area contributed by atoms with Crippen LogP contribution in [0.3, 0.4) is 0 Å². The summed E-state index contributed by atoms with van der Waals surface area (Å²) in [4.78, 5) is 4.58. The van der Waals surface area contributed by atoms with Gasteiger partial charge in [0.25, 0.3) is 0 Å². The van der Waals surface area contributed by atoms with Crippen LogP contribution in [0.5, 0.6) is 0 Å². The maximum atomic E-state index is 4.58. The maximum Gasteiger partial charge on any atom is 0.105 e. The monoisotopic (exact) mass is 383 g/mol. The van der Waals surface area contributed by atoms with Gasteiger partial charge in [0.15, 0.2) is 0 Å². The van der Waals surface area contributed by atoms with Gasteiger partial charge in [0.1, 0.15) is 12.6 Å². The minimum absolute atomic E-state index is 0.637. The highest BCUT2D eigenvalue weighted by molar-refractivity contribution is 5.81. The summed E-state index contributed by atoms with van der Waals surface area (Å²) in [5.74, 6) is 1.39. The molecule has 2 fully saturated rings. The van der Waals surface area contributed by atoms with Crippen LogP contribution in [0.2, 0.25) is 0 Å². The molecule has 2 saturated heterocycles. The zero-order chi connectivity index (χ0) is 19.8. The first-order valence-corrected chi connectivity index (χ1v) is 11.1. The van der Waals surface area contributed by atoms with Crippen LogP contribution in [0.15, 0.2) is 79.5 Å². The molecule has 2 aliphatic rings. The Morgan fingerprint density at radius 3 is 2.69 bits per heavy atom. The third-order valence-electron chi connectivity index (χ3n) is 7.79. The van der Waals surface area contributed by atoms with Crippen LogP contribution < -0.4 is 0 Å². The molecule has 2 heteroatoms. The lowest BCUT2D eigenvalue weighted by Crippen LogP contribution is -2.76. The molecule has 0 amide bonds. The maximum absolute atomic E-state index is 4.58. The zero-order valence-electron chi connectivity index (χ0n) is 17.4. The molecule has 0 aliphatic carbocycles. The first-order valence-electron chi connectivity index (χ1n) is 11.1. The highest BCUT2D eigenvalue weighted by Crippen LogP contribution is 2.50. The summed E-state index contributed by atoms with van der Waals surface area (Å²) in [6, 6.07) is 23.4. The smallest absolute Gasteiger partial charge is 0.105 e. The lowest BCUT2D eigenvalue weighted by Gasteiger charge is -2.64. The Morgan fingerprint density at radius 1 is 1.07 bits per heavy atom. The van der Waals surface area contributed by atoms with Crippen LogP contribution in [0.1, 0.15) is 30.9 Å². The molecule has 1 aromatic heterocycles. The standard InChI is InChI=1S/C27H31N2/c1-3-24-20(2)14-16-29(19-21-9-5-4-6-10-21)23(18-27(24)29)17-22-13-15-28-26-12-8-7-11-25(22)26/h3-13,15,20,23-24,27H,1,14,16-19H2,2H3/q+1. The Morgan fingerprint density at radius 2 is 1.86 bits per heavy atom. The first-order chi connectivity index (χ1) is 14.2. The van der Waals surface area contributed by atoms with Crippen LogP contribution in [0.4, 0.5) is 0 Å². The van der Waals surface area contributed by atoms with Crippen molar-refractivity contribution in [2.45, 2.75) is 44.8 Å². The molecular weight excluding hydrogens is 352 g/mol. The third-order valence-corrected chi connectivity index (χ3v) is 7.79. The van der Waals surface area contributed by atoms with Gasteiger partial charge in [0.2, 0.25) is 0 Å². The molecule has 0 bridgehead atoms. The molecule has 0 spiro atoms. The summed E-state index contributed by atoms with van der Waals surface area (Å²) < 4.78 is 1.24. The van der Waals surface area contributed by atoms with Crippen LogP contribution in [0, 0.1) is 11.8 Å². The van der Waals surface area contributed by atoms with Gasteiger partial charge in [-0.15, -0.1) is 6.58 Å². The van der Waals surface area contributed by atoms with E-state index in [2.05, 4.69) is 85.2 Å². The minimum atomic E-state index is 0.637. The number of hydrogen-bond acceptors (Lipinski definition) is 1. The summed E-state index contributed by atoms with van der Waals surface area (Å²) in [6.45, 7) is 9.09. The van der Waals surface area contributed by atoms with Crippen LogP contribution in [-0.4, -0.2) is 28.1 Å². The Labute approximate surface area is 174 Å². The van der Waals surface area contributed by atoms with Gasteiger partial charge in [0, 0.05) is 29.5 Å². The zero-order valence-corrected chi connectivity index (χ0v) is 17.4.